The molecule has 1 aromatic carbocycles. The quantitative estimate of drug-likeness (QED) is 0.847. The molecule has 2 aromatic rings. The van der Waals surface area contributed by atoms with Crippen LogP contribution in [0.5, 0.6) is 0 Å². The van der Waals surface area contributed by atoms with Crippen LogP contribution in [0.15, 0.2) is 48.7 Å². The van der Waals surface area contributed by atoms with Crippen LogP contribution in [0.2, 0.25) is 0 Å². The number of nitrogens with one attached hydrogen (secondary N) is 2. The minimum atomic E-state index is -0.0519. The fourth-order valence-electron chi connectivity index (χ4n) is 1.90. The minimum Gasteiger partial charge on any atom is -0.385 e. The highest BCUT2D eigenvalue weighted by atomic mass is 16.1. The lowest BCUT2D eigenvalue weighted by atomic mass is 10.2. The van der Waals surface area contributed by atoms with Crippen molar-refractivity contribution in [1.29, 1.82) is 0 Å². The van der Waals surface area contributed by atoms with E-state index in [-0.39, 0.29) is 5.91 Å². The van der Waals surface area contributed by atoms with E-state index in [1.54, 1.807) is 6.20 Å². The van der Waals surface area contributed by atoms with Crippen LogP contribution in [0, 0.1) is 0 Å². The van der Waals surface area contributed by atoms with Crippen molar-refractivity contribution in [2.24, 2.45) is 0 Å². The van der Waals surface area contributed by atoms with Crippen molar-refractivity contribution in [3.8, 4) is 0 Å². The van der Waals surface area contributed by atoms with Crippen molar-refractivity contribution in [1.82, 2.24) is 10.3 Å². The molecule has 0 atom stereocenters. The molecule has 20 heavy (non-hydrogen) atoms. The lowest BCUT2D eigenvalue weighted by Crippen LogP contribution is -2.25. The van der Waals surface area contributed by atoms with E-state index in [4.69, 9.17) is 0 Å². The van der Waals surface area contributed by atoms with E-state index in [1.807, 2.05) is 49.4 Å². The zero-order chi connectivity index (χ0) is 14.2. The maximum Gasteiger partial charge on any atom is 0.251 e. The van der Waals surface area contributed by atoms with Crippen LogP contribution in [0.1, 0.15) is 23.0 Å². The Balaban J connectivity index is 1.82. The van der Waals surface area contributed by atoms with Crippen LogP contribution in [-0.2, 0) is 6.42 Å². The van der Waals surface area contributed by atoms with Gasteiger partial charge >= 0.3 is 0 Å². The van der Waals surface area contributed by atoms with Crippen LogP contribution in [0.25, 0.3) is 0 Å². The minimum absolute atomic E-state index is 0.0519. The van der Waals surface area contributed by atoms with Crippen LogP contribution in [0.3, 0.4) is 0 Å². The molecule has 0 spiro atoms. The molecule has 1 aromatic heterocycles. The molecule has 4 heteroatoms. The first-order valence-electron chi connectivity index (χ1n) is 6.81. The highest BCUT2D eigenvalue weighted by Crippen LogP contribution is 2.09. The molecule has 0 bridgehead atoms. The normalized spacial score (nSPS) is 10.1. The molecule has 1 heterocycles. The van der Waals surface area contributed by atoms with Gasteiger partial charge in [0.15, 0.2) is 0 Å². The SMILES string of the molecule is CCNc1ccc(C(=O)NCCc2ccccn2)cc1. The van der Waals surface area contributed by atoms with Crippen LogP contribution >= 0.6 is 0 Å². The lowest BCUT2D eigenvalue weighted by molar-refractivity contribution is 0.0954. The van der Waals surface area contributed by atoms with E-state index in [1.165, 1.54) is 0 Å². The monoisotopic (exact) mass is 269 g/mol. The number of hydrogen-bond donors (Lipinski definition) is 2. The summed E-state index contributed by atoms with van der Waals surface area (Å²) in [4.78, 5) is 16.2. The van der Waals surface area contributed by atoms with E-state index in [0.717, 1.165) is 24.3 Å². The Hall–Kier alpha value is -2.36. The van der Waals surface area contributed by atoms with Gasteiger partial charge in [0.05, 0.1) is 0 Å². The fourth-order valence-corrected chi connectivity index (χ4v) is 1.90. The van der Waals surface area contributed by atoms with E-state index in [9.17, 15) is 4.79 Å². The second-order valence-corrected chi connectivity index (χ2v) is 4.43. The summed E-state index contributed by atoms with van der Waals surface area (Å²) in [5, 5.41) is 6.10. The standard InChI is InChI=1S/C16H19N3O/c1-2-17-15-8-6-13(7-9-15)16(20)19-12-10-14-5-3-4-11-18-14/h3-9,11,17H,2,10,12H2,1H3,(H,19,20). The predicted molar refractivity (Wildman–Crippen MR) is 80.9 cm³/mol. The van der Waals surface area contributed by atoms with E-state index < -0.39 is 0 Å². The molecular weight excluding hydrogens is 250 g/mol. The highest BCUT2D eigenvalue weighted by molar-refractivity contribution is 5.94. The number of amides is 1. The fraction of sp³-hybridized carbons (Fsp3) is 0.250. The van der Waals surface area contributed by atoms with Gasteiger partial charge in [-0.05, 0) is 43.3 Å². The number of rotatable bonds is 6. The number of benzene rings is 1. The zero-order valence-corrected chi connectivity index (χ0v) is 11.6. The van der Waals surface area contributed by atoms with Gasteiger partial charge in [0.2, 0.25) is 0 Å². The summed E-state index contributed by atoms with van der Waals surface area (Å²) in [6.07, 6.45) is 2.50. The summed E-state index contributed by atoms with van der Waals surface area (Å²) in [5.74, 6) is -0.0519. The first-order chi connectivity index (χ1) is 9.79. The van der Waals surface area contributed by atoms with Crippen molar-refractivity contribution in [2.75, 3.05) is 18.4 Å². The number of carbonyl (C=O) groups is 1. The van der Waals surface area contributed by atoms with Gasteiger partial charge in [0.1, 0.15) is 0 Å². The highest BCUT2D eigenvalue weighted by Gasteiger charge is 2.04. The summed E-state index contributed by atoms with van der Waals surface area (Å²) in [5.41, 5.74) is 2.68. The first-order valence-corrected chi connectivity index (χ1v) is 6.81. The maximum absolute atomic E-state index is 12.0. The molecule has 0 unspecified atom stereocenters. The molecule has 0 radical (unpaired) electrons. The lowest BCUT2D eigenvalue weighted by Gasteiger charge is -2.07. The van der Waals surface area contributed by atoms with Crippen molar-refractivity contribution >= 4 is 11.6 Å². The second-order valence-electron chi connectivity index (χ2n) is 4.43. The third kappa shape index (κ3) is 4.09. The Kier molecular flexibility index (Phi) is 5.12. The molecule has 1 amide bonds. The molecule has 0 aliphatic heterocycles. The van der Waals surface area contributed by atoms with Gasteiger partial charge in [0.25, 0.3) is 5.91 Å². The zero-order valence-electron chi connectivity index (χ0n) is 11.6. The largest absolute Gasteiger partial charge is 0.385 e. The number of pyridine rings is 1. The van der Waals surface area contributed by atoms with E-state index in [0.29, 0.717) is 12.1 Å². The third-order valence-corrected chi connectivity index (χ3v) is 2.92. The van der Waals surface area contributed by atoms with E-state index in [2.05, 4.69) is 15.6 Å². The summed E-state index contributed by atoms with van der Waals surface area (Å²) in [6, 6.07) is 13.3. The average molecular weight is 269 g/mol. The molecule has 4 nitrogen and oxygen atoms in total. The summed E-state index contributed by atoms with van der Waals surface area (Å²) >= 11 is 0. The Labute approximate surface area is 119 Å². The molecule has 0 aliphatic carbocycles. The number of aromatic nitrogens is 1. The van der Waals surface area contributed by atoms with Crippen molar-refractivity contribution < 1.29 is 4.79 Å². The van der Waals surface area contributed by atoms with Gasteiger partial charge in [-0.15, -0.1) is 0 Å². The molecule has 2 rings (SSSR count). The van der Waals surface area contributed by atoms with Gasteiger partial charge in [-0.25, -0.2) is 0 Å². The first kappa shape index (κ1) is 14.1. The molecular formula is C16H19N3O. The number of carbonyl (C=O) groups excluding carboxylic acids is 1. The molecule has 2 N–H and O–H groups in total. The molecule has 0 saturated heterocycles. The van der Waals surface area contributed by atoms with Crippen molar-refractivity contribution in [3.05, 3.63) is 59.9 Å². The smallest absolute Gasteiger partial charge is 0.251 e. The molecule has 0 fully saturated rings. The van der Waals surface area contributed by atoms with Gasteiger partial charge in [-0.3, -0.25) is 9.78 Å². The average Bonchev–Trinajstić information content (AvgIpc) is 2.49. The van der Waals surface area contributed by atoms with Crippen LogP contribution in [0.4, 0.5) is 5.69 Å². The van der Waals surface area contributed by atoms with Gasteiger partial charge in [0, 0.05) is 42.7 Å². The third-order valence-electron chi connectivity index (χ3n) is 2.92. The summed E-state index contributed by atoms with van der Waals surface area (Å²) in [7, 11) is 0. The number of anilines is 1. The summed E-state index contributed by atoms with van der Waals surface area (Å²) < 4.78 is 0. The molecule has 104 valence electrons. The Morgan fingerprint density at radius 1 is 1.15 bits per heavy atom. The van der Waals surface area contributed by atoms with Crippen LogP contribution in [-0.4, -0.2) is 24.0 Å². The summed E-state index contributed by atoms with van der Waals surface area (Å²) in [6.45, 7) is 3.50. The second kappa shape index (κ2) is 7.28. The van der Waals surface area contributed by atoms with Crippen molar-refractivity contribution in [2.45, 2.75) is 13.3 Å². The Morgan fingerprint density at radius 3 is 2.60 bits per heavy atom. The Bertz CT molecular complexity index is 537. The molecule has 0 saturated carbocycles. The number of nitrogens with zero attached hydrogens (tertiary/aromatic N) is 1. The molecule has 0 aliphatic rings. The van der Waals surface area contributed by atoms with E-state index >= 15 is 0 Å². The van der Waals surface area contributed by atoms with Gasteiger partial charge < -0.3 is 10.6 Å². The maximum atomic E-state index is 12.0. The number of hydrogen-bond acceptors (Lipinski definition) is 3. The topological polar surface area (TPSA) is 54.0 Å². The Morgan fingerprint density at radius 2 is 1.95 bits per heavy atom. The predicted octanol–water partition coefficient (Wildman–Crippen LogP) is 2.49. The van der Waals surface area contributed by atoms with Gasteiger partial charge in [-0.2, -0.15) is 0 Å². The van der Waals surface area contributed by atoms with Crippen molar-refractivity contribution in [3.63, 3.8) is 0 Å². The van der Waals surface area contributed by atoms with Crippen LogP contribution < -0.4 is 10.6 Å². The van der Waals surface area contributed by atoms with Gasteiger partial charge in [-0.1, -0.05) is 6.07 Å².